The maximum Gasteiger partial charge on any atom is 0.0827 e. The van der Waals surface area contributed by atoms with Crippen LogP contribution in [0.1, 0.15) is 11.7 Å². The van der Waals surface area contributed by atoms with Gasteiger partial charge in [-0.3, -0.25) is 0 Å². The average Bonchev–Trinajstić information content (AvgIpc) is 2.19. The van der Waals surface area contributed by atoms with Crippen molar-refractivity contribution in [3.8, 4) is 0 Å². The van der Waals surface area contributed by atoms with E-state index in [0.717, 1.165) is 0 Å². The van der Waals surface area contributed by atoms with E-state index in [1.54, 1.807) is 7.05 Å². The summed E-state index contributed by atoms with van der Waals surface area (Å²) < 4.78 is 0. The Labute approximate surface area is 87.8 Å². The highest BCUT2D eigenvalue weighted by atomic mass is 14.9. The van der Waals surface area contributed by atoms with Gasteiger partial charge in [0.15, 0.2) is 0 Å². The van der Waals surface area contributed by atoms with Crippen LogP contribution in [0.5, 0.6) is 0 Å². The molecule has 84 valence electrons. The zero-order valence-electron chi connectivity index (χ0n) is 8.54. The number of rotatable bonds is 2. The molecule has 1 aromatic carbocycles. The first-order valence-electron chi connectivity index (χ1n) is 4.36. The molecule has 7 nitrogen and oxygen atoms in total. The van der Waals surface area contributed by atoms with E-state index in [4.69, 9.17) is 34.4 Å². The minimum Gasteiger partial charge on any atom is -0.397 e. The van der Waals surface area contributed by atoms with Crippen molar-refractivity contribution in [2.24, 2.45) is 11.5 Å². The molecule has 1 rings (SSSR count). The van der Waals surface area contributed by atoms with Crippen LogP contribution in [0, 0.1) is 0 Å². The fourth-order valence-electron chi connectivity index (χ4n) is 1.47. The molecular weight excluding hydrogens is 194 g/mol. The number of hydrogen-bond acceptors (Lipinski definition) is 7. The summed E-state index contributed by atoms with van der Waals surface area (Å²) in [6, 6.07) is 0. The van der Waals surface area contributed by atoms with Gasteiger partial charge in [-0.1, -0.05) is 0 Å². The summed E-state index contributed by atoms with van der Waals surface area (Å²) in [4.78, 5) is 0. The van der Waals surface area contributed by atoms with Crippen LogP contribution in [0.15, 0.2) is 0 Å². The SMILES string of the molecule is CNc1c(N)c(N)c(N)c(N)c1C(N)N. The van der Waals surface area contributed by atoms with Crippen LogP contribution in [0.25, 0.3) is 0 Å². The van der Waals surface area contributed by atoms with Gasteiger partial charge in [0.25, 0.3) is 0 Å². The Kier molecular flexibility index (Phi) is 2.78. The van der Waals surface area contributed by atoms with Crippen molar-refractivity contribution >= 4 is 28.4 Å². The maximum atomic E-state index is 5.77. The lowest BCUT2D eigenvalue weighted by Gasteiger charge is -2.20. The molecule has 0 fully saturated rings. The molecule has 7 heteroatoms. The molecule has 0 saturated carbocycles. The third kappa shape index (κ3) is 1.58. The van der Waals surface area contributed by atoms with Gasteiger partial charge in [-0.2, -0.15) is 0 Å². The van der Waals surface area contributed by atoms with Gasteiger partial charge in [0.1, 0.15) is 0 Å². The van der Waals surface area contributed by atoms with E-state index in [2.05, 4.69) is 5.32 Å². The van der Waals surface area contributed by atoms with Crippen LogP contribution in [0.4, 0.5) is 28.4 Å². The normalized spacial score (nSPS) is 10.7. The monoisotopic (exact) mass is 211 g/mol. The van der Waals surface area contributed by atoms with E-state index in [0.29, 0.717) is 16.9 Å². The second-order valence-corrected chi connectivity index (χ2v) is 3.22. The third-order valence-electron chi connectivity index (χ3n) is 2.28. The van der Waals surface area contributed by atoms with Crippen LogP contribution in [0.3, 0.4) is 0 Å². The molecule has 0 heterocycles. The van der Waals surface area contributed by atoms with Gasteiger partial charge in [0, 0.05) is 12.6 Å². The lowest BCUT2D eigenvalue weighted by molar-refractivity contribution is 0.779. The Hall–Kier alpha value is -1.86. The van der Waals surface area contributed by atoms with Crippen molar-refractivity contribution in [3.63, 3.8) is 0 Å². The first kappa shape index (κ1) is 11.2. The predicted molar refractivity (Wildman–Crippen MR) is 64.8 cm³/mol. The molecule has 15 heavy (non-hydrogen) atoms. The standard InChI is InChI=1S/C8H17N7/c1-15-7-2(8(13)14)3(9)4(10)5(11)6(7)12/h8,15H,9-14H2,1H3. The van der Waals surface area contributed by atoms with Crippen molar-refractivity contribution in [2.75, 3.05) is 35.3 Å². The Balaban J connectivity index is 3.62. The maximum absolute atomic E-state index is 5.77. The Morgan fingerprint density at radius 3 is 1.73 bits per heavy atom. The minimum absolute atomic E-state index is 0.211. The van der Waals surface area contributed by atoms with Crippen LogP contribution in [-0.4, -0.2) is 7.05 Å². The van der Waals surface area contributed by atoms with Gasteiger partial charge in [0.2, 0.25) is 0 Å². The van der Waals surface area contributed by atoms with Crippen LogP contribution < -0.4 is 39.7 Å². The van der Waals surface area contributed by atoms with E-state index < -0.39 is 6.17 Å². The molecule has 0 spiro atoms. The highest BCUT2D eigenvalue weighted by Crippen LogP contribution is 2.41. The van der Waals surface area contributed by atoms with E-state index in [9.17, 15) is 0 Å². The summed E-state index contributed by atoms with van der Waals surface area (Å²) >= 11 is 0. The topological polar surface area (TPSA) is 168 Å². The fraction of sp³-hybridized carbons (Fsp3) is 0.250. The summed E-state index contributed by atoms with van der Waals surface area (Å²) in [6.45, 7) is 0. The number of nitrogens with two attached hydrogens (primary N) is 6. The van der Waals surface area contributed by atoms with Crippen molar-refractivity contribution in [1.29, 1.82) is 0 Å². The Morgan fingerprint density at radius 1 is 0.867 bits per heavy atom. The summed E-state index contributed by atoms with van der Waals surface area (Å²) in [7, 11) is 1.67. The van der Waals surface area contributed by atoms with Crippen molar-refractivity contribution in [1.82, 2.24) is 0 Å². The lowest BCUT2D eigenvalue weighted by atomic mass is 10.0. The van der Waals surface area contributed by atoms with Gasteiger partial charge in [-0.05, 0) is 0 Å². The predicted octanol–water partition coefficient (Wildman–Crippen LogP) is -1.03. The van der Waals surface area contributed by atoms with Gasteiger partial charge in [0.05, 0.1) is 34.6 Å². The number of nitrogen functional groups attached to an aromatic ring is 4. The smallest absolute Gasteiger partial charge is 0.0827 e. The lowest BCUT2D eigenvalue weighted by Crippen LogP contribution is -2.24. The molecule has 0 aliphatic rings. The largest absolute Gasteiger partial charge is 0.397 e. The quantitative estimate of drug-likeness (QED) is 0.242. The average molecular weight is 211 g/mol. The van der Waals surface area contributed by atoms with Crippen LogP contribution in [-0.2, 0) is 0 Å². The molecule has 1 aromatic rings. The number of anilines is 5. The van der Waals surface area contributed by atoms with Crippen LogP contribution in [0.2, 0.25) is 0 Å². The summed E-state index contributed by atoms with van der Waals surface area (Å²) in [5, 5.41) is 2.85. The second kappa shape index (κ2) is 3.71. The summed E-state index contributed by atoms with van der Waals surface area (Å²) in [6.07, 6.45) is -0.766. The molecular formula is C8H17N7. The fourth-order valence-corrected chi connectivity index (χ4v) is 1.47. The zero-order chi connectivity index (χ0) is 11.7. The highest BCUT2D eigenvalue weighted by Gasteiger charge is 2.19. The highest BCUT2D eigenvalue weighted by molar-refractivity contribution is 5.97. The summed E-state index contributed by atoms with van der Waals surface area (Å²) in [5.74, 6) is 0. The zero-order valence-corrected chi connectivity index (χ0v) is 8.54. The number of benzene rings is 1. The molecule has 0 aliphatic heterocycles. The minimum atomic E-state index is -0.766. The van der Waals surface area contributed by atoms with Gasteiger partial charge in [-0.25, -0.2) is 0 Å². The van der Waals surface area contributed by atoms with E-state index in [1.807, 2.05) is 0 Å². The van der Waals surface area contributed by atoms with E-state index in [1.165, 1.54) is 0 Å². The molecule has 13 N–H and O–H groups in total. The van der Waals surface area contributed by atoms with Gasteiger partial charge in [-0.15, -0.1) is 0 Å². The molecule has 0 atom stereocenters. The summed E-state index contributed by atoms with van der Waals surface area (Å²) in [5.41, 5.74) is 36.1. The van der Waals surface area contributed by atoms with Crippen molar-refractivity contribution in [2.45, 2.75) is 6.17 Å². The molecule has 0 amide bonds. The van der Waals surface area contributed by atoms with Crippen LogP contribution >= 0.6 is 0 Å². The van der Waals surface area contributed by atoms with Gasteiger partial charge < -0.3 is 39.7 Å². The third-order valence-corrected chi connectivity index (χ3v) is 2.28. The second-order valence-electron chi connectivity index (χ2n) is 3.22. The molecule has 0 bridgehead atoms. The van der Waals surface area contributed by atoms with E-state index in [-0.39, 0.29) is 17.1 Å². The molecule has 0 saturated heterocycles. The Morgan fingerprint density at radius 2 is 1.33 bits per heavy atom. The molecule has 0 aromatic heterocycles. The molecule has 0 aliphatic carbocycles. The van der Waals surface area contributed by atoms with Gasteiger partial charge >= 0.3 is 0 Å². The molecule has 0 radical (unpaired) electrons. The van der Waals surface area contributed by atoms with Crippen molar-refractivity contribution < 1.29 is 0 Å². The molecule has 0 unspecified atom stereocenters. The van der Waals surface area contributed by atoms with E-state index >= 15 is 0 Å². The first-order chi connectivity index (χ1) is 6.91. The number of hydrogen-bond donors (Lipinski definition) is 7. The van der Waals surface area contributed by atoms with Crippen molar-refractivity contribution in [3.05, 3.63) is 5.56 Å². The Bertz CT molecular complexity index is 385. The number of nitrogens with one attached hydrogen (secondary N) is 1. The first-order valence-corrected chi connectivity index (χ1v) is 4.36.